The molecule has 2 heterocycles. The Balaban J connectivity index is 1.53. The van der Waals surface area contributed by atoms with Crippen LogP contribution in [0.5, 0.6) is 11.5 Å². The number of benzene rings is 2. The molecule has 2 N–H and O–H groups in total. The van der Waals surface area contributed by atoms with Crippen LogP contribution in [0.1, 0.15) is 49.5 Å². The molecule has 8 nitrogen and oxygen atoms in total. The van der Waals surface area contributed by atoms with Crippen LogP contribution >= 0.6 is 0 Å². The Morgan fingerprint density at radius 1 is 1.19 bits per heavy atom. The van der Waals surface area contributed by atoms with Gasteiger partial charge in [0.15, 0.2) is 11.5 Å². The van der Waals surface area contributed by atoms with Crippen molar-refractivity contribution in [3.05, 3.63) is 82.6 Å². The maximum atomic E-state index is 12.9. The lowest BCUT2D eigenvalue weighted by Crippen LogP contribution is -2.38. The SMILES string of the molecule is CCC\C=C/C(OC)=C(C)/C=C1\C(=O)Nc2cccc(C#CC(O)c3ccc(OCCN4CCOCC4)c(OC)c3)c21. The zero-order valence-electron chi connectivity index (χ0n) is 24.9. The number of carbonyl (C=O) groups excluding carboxylic acids is 1. The standard InChI is InChI=1S/C34H40N2O6/c1-5-6-7-11-30(39-3)24(2)22-27-33-25(9-8-10-28(33)35-34(27)38)12-14-29(37)26-13-15-31(32(23-26)40-4)42-21-18-36-16-19-41-20-17-36/h7-11,13,15,22-23,29,37H,5-6,16-21H2,1-4H3,(H,35,38)/b11-7-,27-22-,30-24-. The lowest BCUT2D eigenvalue weighted by molar-refractivity contribution is -0.110. The molecule has 1 unspecified atom stereocenters. The lowest BCUT2D eigenvalue weighted by Gasteiger charge is -2.26. The molecule has 2 aliphatic heterocycles. The largest absolute Gasteiger partial charge is 0.497 e. The Labute approximate surface area is 248 Å². The van der Waals surface area contributed by atoms with Crippen molar-refractivity contribution in [2.24, 2.45) is 0 Å². The summed E-state index contributed by atoms with van der Waals surface area (Å²) in [5.74, 6) is 7.65. The molecule has 1 atom stereocenters. The molecule has 42 heavy (non-hydrogen) atoms. The fourth-order valence-electron chi connectivity index (χ4n) is 4.81. The van der Waals surface area contributed by atoms with Crippen molar-refractivity contribution in [3.8, 4) is 23.3 Å². The normalized spacial score (nSPS) is 17.3. The third-order valence-electron chi connectivity index (χ3n) is 7.14. The van der Waals surface area contributed by atoms with Gasteiger partial charge in [-0.2, -0.15) is 0 Å². The number of methoxy groups -OCH3 is 2. The van der Waals surface area contributed by atoms with Gasteiger partial charge in [0.05, 0.1) is 38.7 Å². The minimum absolute atomic E-state index is 0.207. The van der Waals surface area contributed by atoms with Crippen molar-refractivity contribution in [3.63, 3.8) is 0 Å². The summed E-state index contributed by atoms with van der Waals surface area (Å²) in [5, 5.41) is 13.9. The third-order valence-corrected chi connectivity index (χ3v) is 7.14. The number of aliphatic hydroxyl groups is 1. The van der Waals surface area contributed by atoms with Crippen molar-refractivity contribution in [2.45, 2.75) is 32.8 Å². The highest BCUT2D eigenvalue weighted by molar-refractivity contribution is 6.32. The van der Waals surface area contributed by atoms with Crippen molar-refractivity contribution in [1.29, 1.82) is 0 Å². The molecule has 0 aliphatic carbocycles. The van der Waals surface area contributed by atoms with Crippen LogP contribution in [-0.2, 0) is 14.3 Å². The van der Waals surface area contributed by atoms with E-state index in [0.29, 0.717) is 51.8 Å². The van der Waals surface area contributed by atoms with E-state index in [9.17, 15) is 9.90 Å². The molecule has 0 bridgehead atoms. The van der Waals surface area contributed by atoms with E-state index in [1.807, 2.05) is 37.3 Å². The Morgan fingerprint density at radius 2 is 2.00 bits per heavy atom. The van der Waals surface area contributed by atoms with Gasteiger partial charge in [0.1, 0.15) is 18.5 Å². The summed E-state index contributed by atoms with van der Waals surface area (Å²) < 4.78 is 22.4. The van der Waals surface area contributed by atoms with Crippen molar-refractivity contribution in [1.82, 2.24) is 4.90 Å². The maximum absolute atomic E-state index is 12.9. The fourth-order valence-corrected chi connectivity index (χ4v) is 4.81. The van der Waals surface area contributed by atoms with Crippen LogP contribution in [0.25, 0.3) is 5.57 Å². The number of fused-ring (bicyclic) bond motifs is 1. The monoisotopic (exact) mass is 572 g/mol. The number of ether oxygens (including phenoxy) is 4. The van der Waals surface area contributed by atoms with Crippen LogP contribution in [0.4, 0.5) is 5.69 Å². The number of anilines is 1. The second-order valence-electron chi connectivity index (χ2n) is 10.1. The van der Waals surface area contributed by atoms with Gasteiger partial charge in [0, 0.05) is 30.8 Å². The molecule has 8 heteroatoms. The average molecular weight is 573 g/mol. The maximum Gasteiger partial charge on any atom is 0.256 e. The number of nitrogens with zero attached hydrogens (tertiary/aromatic N) is 1. The van der Waals surface area contributed by atoms with E-state index in [0.717, 1.165) is 51.3 Å². The summed E-state index contributed by atoms with van der Waals surface area (Å²) in [7, 11) is 3.19. The summed E-state index contributed by atoms with van der Waals surface area (Å²) in [6.45, 7) is 8.64. The molecule has 1 amide bonds. The van der Waals surface area contributed by atoms with Gasteiger partial charge in [-0.05, 0) is 60.9 Å². The topological polar surface area (TPSA) is 89.5 Å². The predicted octanol–water partition coefficient (Wildman–Crippen LogP) is 5.10. The van der Waals surface area contributed by atoms with Crippen LogP contribution in [0.15, 0.2) is 66.0 Å². The summed E-state index contributed by atoms with van der Waals surface area (Å²) >= 11 is 0. The van der Waals surface area contributed by atoms with Gasteiger partial charge in [-0.25, -0.2) is 0 Å². The second-order valence-corrected chi connectivity index (χ2v) is 10.1. The molecule has 0 radical (unpaired) electrons. The van der Waals surface area contributed by atoms with Gasteiger partial charge in [0.25, 0.3) is 5.91 Å². The van der Waals surface area contributed by atoms with E-state index in [4.69, 9.17) is 18.9 Å². The van der Waals surface area contributed by atoms with Crippen LogP contribution in [-0.4, -0.2) is 69.6 Å². The van der Waals surface area contributed by atoms with E-state index >= 15 is 0 Å². The zero-order valence-corrected chi connectivity index (χ0v) is 24.9. The highest BCUT2D eigenvalue weighted by Gasteiger charge is 2.26. The predicted molar refractivity (Wildman–Crippen MR) is 164 cm³/mol. The molecule has 1 fully saturated rings. The highest BCUT2D eigenvalue weighted by Crippen LogP contribution is 2.36. The van der Waals surface area contributed by atoms with Crippen LogP contribution in [0.3, 0.4) is 0 Å². The first-order chi connectivity index (χ1) is 20.4. The number of rotatable bonds is 11. The minimum Gasteiger partial charge on any atom is -0.497 e. The molecule has 222 valence electrons. The number of amides is 1. The Morgan fingerprint density at radius 3 is 2.74 bits per heavy atom. The van der Waals surface area contributed by atoms with Crippen molar-refractivity contribution >= 4 is 17.2 Å². The average Bonchev–Trinajstić information content (AvgIpc) is 3.33. The summed E-state index contributed by atoms with van der Waals surface area (Å²) in [6.07, 6.45) is 6.72. The molecule has 0 saturated carbocycles. The molecule has 2 aromatic rings. The van der Waals surface area contributed by atoms with Crippen molar-refractivity contribution in [2.75, 3.05) is 59.0 Å². The van der Waals surface area contributed by atoms with Gasteiger partial charge < -0.3 is 29.4 Å². The summed E-state index contributed by atoms with van der Waals surface area (Å²) in [4.78, 5) is 15.2. The number of hydrogen-bond donors (Lipinski definition) is 2. The van der Waals surface area contributed by atoms with E-state index < -0.39 is 6.10 Å². The molecule has 2 aliphatic rings. The molecular formula is C34H40N2O6. The number of aliphatic hydroxyl groups excluding tert-OH is 1. The first kappa shape index (κ1) is 30.9. The van der Waals surface area contributed by atoms with E-state index in [2.05, 4.69) is 35.1 Å². The number of hydrogen-bond acceptors (Lipinski definition) is 7. The summed E-state index contributed by atoms with van der Waals surface area (Å²) in [5.41, 5.74) is 3.93. The number of unbranched alkanes of at least 4 members (excludes halogenated alkanes) is 1. The van der Waals surface area contributed by atoms with Crippen LogP contribution in [0.2, 0.25) is 0 Å². The number of carbonyl (C=O) groups is 1. The zero-order chi connectivity index (χ0) is 29.9. The Hall–Kier alpha value is -4.03. The highest BCUT2D eigenvalue weighted by atomic mass is 16.5. The minimum atomic E-state index is -1.07. The molecule has 4 rings (SSSR count). The van der Waals surface area contributed by atoms with Gasteiger partial charge >= 0.3 is 0 Å². The van der Waals surface area contributed by atoms with Gasteiger partial charge in [0.2, 0.25) is 0 Å². The smallest absolute Gasteiger partial charge is 0.256 e. The molecular weight excluding hydrogens is 532 g/mol. The van der Waals surface area contributed by atoms with E-state index in [1.165, 1.54) is 0 Å². The lowest BCUT2D eigenvalue weighted by atomic mass is 9.98. The first-order valence-electron chi connectivity index (χ1n) is 14.3. The number of morpholine rings is 1. The molecule has 0 aromatic heterocycles. The first-order valence-corrected chi connectivity index (χ1v) is 14.3. The Bertz CT molecular complexity index is 1410. The molecule has 2 aromatic carbocycles. The van der Waals surface area contributed by atoms with Gasteiger partial charge in [-0.3, -0.25) is 9.69 Å². The second kappa shape index (κ2) is 15.3. The molecule has 1 saturated heterocycles. The fraction of sp³-hybridized carbons (Fsp3) is 0.382. The summed E-state index contributed by atoms with van der Waals surface area (Å²) in [6, 6.07) is 10.8. The van der Waals surface area contributed by atoms with Gasteiger partial charge in [-0.1, -0.05) is 43.4 Å². The van der Waals surface area contributed by atoms with Crippen LogP contribution < -0.4 is 14.8 Å². The van der Waals surface area contributed by atoms with Gasteiger partial charge in [-0.15, -0.1) is 0 Å². The van der Waals surface area contributed by atoms with E-state index in [-0.39, 0.29) is 5.91 Å². The van der Waals surface area contributed by atoms with Crippen LogP contribution in [0, 0.1) is 11.8 Å². The number of nitrogens with one attached hydrogen (secondary N) is 1. The quantitative estimate of drug-likeness (QED) is 0.168. The van der Waals surface area contributed by atoms with E-state index in [1.54, 1.807) is 32.4 Å². The Kier molecular flexibility index (Phi) is 11.2. The third kappa shape index (κ3) is 7.83. The molecule has 0 spiro atoms. The van der Waals surface area contributed by atoms with Crippen molar-refractivity contribution < 1.29 is 28.8 Å². The number of allylic oxidation sites excluding steroid dienone is 4.